The van der Waals surface area contributed by atoms with Gasteiger partial charge in [-0.25, -0.2) is 0 Å². The number of hydrogen-bond acceptors (Lipinski definition) is 3. The second-order valence-corrected chi connectivity index (χ2v) is 7.82. The largest absolute Gasteiger partial charge is 0.339 e. The molecule has 3 heterocycles. The van der Waals surface area contributed by atoms with Gasteiger partial charge in [0, 0.05) is 19.3 Å². The third-order valence-corrected chi connectivity index (χ3v) is 6.59. The highest BCUT2D eigenvalue weighted by atomic mass is 35.5. The fraction of sp³-hybridized carbons (Fsp3) is 0.300. The summed E-state index contributed by atoms with van der Waals surface area (Å²) in [6.45, 7) is 3.53. The Morgan fingerprint density at radius 1 is 1.24 bits per heavy atom. The predicted molar refractivity (Wildman–Crippen MR) is 104 cm³/mol. The number of aromatic nitrogens is 1. The van der Waals surface area contributed by atoms with Crippen molar-refractivity contribution >= 4 is 39.1 Å². The van der Waals surface area contributed by atoms with Gasteiger partial charge in [0.2, 0.25) is 0 Å². The van der Waals surface area contributed by atoms with E-state index >= 15 is 0 Å². The summed E-state index contributed by atoms with van der Waals surface area (Å²) in [6, 6.07) is 10.6. The lowest BCUT2D eigenvalue weighted by Gasteiger charge is -2.32. The summed E-state index contributed by atoms with van der Waals surface area (Å²) in [5.74, 6) is 0.526. The van der Waals surface area contributed by atoms with Crippen molar-refractivity contribution < 1.29 is 4.79 Å². The number of fused-ring (bicyclic) bond motifs is 1. The highest BCUT2D eigenvalue weighted by Crippen LogP contribution is 2.34. The van der Waals surface area contributed by atoms with Crippen molar-refractivity contribution in [3.63, 3.8) is 0 Å². The number of amides is 1. The van der Waals surface area contributed by atoms with Crippen LogP contribution >= 0.6 is 22.9 Å². The number of benzene rings is 1. The molecule has 1 saturated heterocycles. The number of carbonyl (C=O) groups is 1. The van der Waals surface area contributed by atoms with Gasteiger partial charge < -0.3 is 4.90 Å². The molecular weight excluding hydrogens is 352 g/mol. The normalized spacial score (nSPS) is 15.7. The summed E-state index contributed by atoms with van der Waals surface area (Å²) >= 11 is 8.07. The molecule has 4 rings (SSSR count). The Hall–Kier alpha value is -1.91. The lowest BCUT2D eigenvalue weighted by Crippen LogP contribution is -2.38. The van der Waals surface area contributed by atoms with Gasteiger partial charge in [-0.2, -0.15) is 0 Å². The van der Waals surface area contributed by atoms with Gasteiger partial charge in [0.15, 0.2) is 0 Å². The number of halogens is 1. The molecule has 0 saturated carbocycles. The second kappa shape index (κ2) is 6.77. The minimum Gasteiger partial charge on any atom is -0.339 e. The molecule has 2 aromatic heterocycles. The van der Waals surface area contributed by atoms with Crippen LogP contribution in [0.4, 0.5) is 0 Å². The van der Waals surface area contributed by atoms with Crippen LogP contribution in [-0.4, -0.2) is 28.9 Å². The van der Waals surface area contributed by atoms with E-state index in [4.69, 9.17) is 11.6 Å². The first-order valence-corrected chi connectivity index (χ1v) is 9.77. The maximum absolute atomic E-state index is 12.9. The van der Waals surface area contributed by atoms with Crippen molar-refractivity contribution in [1.29, 1.82) is 0 Å². The molecule has 0 aliphatic carbocycles. The van der Waals surface area contributed by atoms with E-state index < -0.39 is 0 Å². The fourth-order valence-corrected chi connectivity index (χ4v) is 4.82. The summed E-state index contributed by atoms with van der Waals surface area (Å²) in [5.41, 5.74) is 3.89. The highest BCUT2D eigenvalue weighted by molar-refractivity contribution is 7.18. The molecule has 1 aromatic carbocycles. The van der Waals surface area contributed by atoms with Gasteiger partial charge in [-0.3, -0.25) is 9.78 Å². The molecule has 0 atom stereocenters. The monoisotopic (exact) mass is 370 g/mol. The van der Waals surface area contributed by atoms with Gasteiger partial charge in [0.25, 0.3) is 5.91 Å². The molecule has 0 N–H and O–H groups in total. The minimum atomic E-state index is -0.00281. The zero-order chi connectivity index (χ0) is 17.4. The lowest BCUT2D eigenvalue weighted by atomic mass is 9.89. The van der Waals surface area contributed by atoms with Crippen LogP contribution in [0.2, 0.25) is 5.02 Å². The maximum Gasteiger partial charge on any atom is 0.256 e. The first-order chi connectivity index (χ1) is 12.1. The summed E-state index contributed by atoms with van der Waals surface area (Å²) in [6.07, 6.45) is 3.61. The summed E-state index contributed by atoms with van der Waals surface area (Å²) in [5, 5.41) is 2.57. The van der Waals surface area contributed by atoms with Crippen LogP contribution in [-0.2, 0) is 0 Å². The Balaban J connectivity index is 1.52. The summed E-state index contributed by atoms with van der Waals surface area (Å²) in [7, 11) is 0. The van der Waals surface area contributed by atoms with Gasteiger partial charge >= 0.3 is 0 Å². The molecule has 0 bridgehead atoms. The molecule has 3 nitrogen and oxygen atoms in total. The van der Waals surface area contributed by atoms with Gasteiger partial charge in [-0.1, -0.05) is 41.9 Å². The van der Waals surface area contributed by atoms with Crippen molar-refractivity contribution in [2.24, 2.45) is 0 Å². The van der Waals surface area contributed by atoms with E-state index in [2.05, 4.69) is 29.2 Å². The van der Waals surface area contributed by atoms with Crippen LogP contribution in [0.5, 0.6) is 0 Å². The number of piperidine rings is 1. The quantitative estimate of drug-likeness (QED) is 0.615. The second-order valence-electron chi connectivity index (χ2n) is 6.56. The van der Waals surface area contributed by atoms with Crippen molar-refractivity contribution in [1.82, 2.24) is 9.88 Å². The maximum atomic E-state index is 12.9. The Kier molecular flexibility index (Phi) is 4.48. The van der Waals surface area contributed by atoms with Gasteiger partial charge in [0.1, 0.15) is 0 Å². The third kappa shape index (κ3) is 3.05. The summed E-state index contributed by atoms with van der Waals surface area (Å²) in [4.78, 5) is 19.3. The fourth-order valence-electron chi connectivity index (χ4n) is 3.52. The van der Waals surface area contributed by atoms with E-state index in [0.717, 1.165) is 41.7 Å². The zero-order valence-electron chi connectivity index (χ0n) is 14.0. The SMILES string of the molecule is Cc1csc2c(Cl)c(C(=O)N3CCC(c4ccccc4)CC3)cnc12. The molecule has 1 fully saturated rings. The van der Waals surface area contributed by atoms with Gasteiger partial charge in [0.05, 0.1) is 20.8 Å². The first kappa shape index (κ1) is 16.6. The molecule has 1 amide bonds. The van der Waals surface area contributed by atoms with Crippen LogP contribution in [0, 0.1) is 6.92 Å². The molecular formula is C20H19ClN2OS. The van der Waals surface area contributed by atoms with Gasteiger partial charge in [-0.15, -0.1) is 11.3 Å². The smallest absolute Gasteiger partial charge is 0.256 e. The van der Waals surface area contributed by atoms with Crippen LogP contribution in [0.1, 0.15) is 40.2 Å². The van der Waals surface area contributed by atoms with Crippen molar-refractivity contribution in [2.75, 3.05) is 13.1 Å². The molecule has 25 heavy (non-hydrogen) atoms. The number of rotatable bonds is 2. The molecule has 0 spiro atoms. The average Bonchev–Trinajstić information content (AvgIpc) is 3.04. The molecule has 128 valence electrons. The average molecular weight is 371 g/mol. The van der Waals surface area contributed by atoms with E-state index in [9.17, 15) is 4.79 Å². The molecule has 5 heteroatoms. The standard InChI is InChI=1S/C20H19ClN2OS/c1-13-12-25-19-17(21)16(11-22-18(13)19)20(24)23-9-7-15(8-10-23)14-5-3-2-4-6-14/h2-6,11-12,15H,7-10H2,1H3. The number of hydrogen-bond donors (Lipinski definition) is 0. The Morgan fingerprint density at radius 2 is 1.96 bits per heavy atom. The number of aryl methyl sites for hydroxylation is 1. The first-order valence-electron chi connectivity index (χ1n) is 8.51. The van der Waals surface area contributed by atoms with E-state index in [1.807, 2.05) is 23.3 Å². The number of carbonyl (C=O) groups excluding carboxylic acids is 1. The number of likely N-dealkylation sites (tertiary alicyclic amines) is 1. The Bertz CT molecular complexity index is 914. The minimum absolute atomic E-state index is 0.00281. The van der Waals surface area contributed by atoms with Crippen LogP contribution in [0.15, 0.2) is 41.9 Å². The lowest BCUT2D eigenvalue weighted by molar-refractivity contribution is 0.0713. The van der Waals surface area contributed by atoms with Crippen molar-refractivity contribution in [3.8, 4) is 0 Å². The van der Waals surface area contributed by atoms with Crippen molar-refractivity contribution in [2.45, 2.75) is 25.7 Å². The number of pyridine rings is 1. The van der Waals surface area contributed by atoms with E-state index in [0.29, 0.717) is 16.5 Å². The number of thiophene rings is 1. The summed E-state index contributed by atoms with van der Waals surface area (Å²) < 4.78 is 0.907. The van der Waals surface area contributed by atoms with Crippen LogP contribution in [0.3, 0.4) is 0 Å². The van der Waals surface area contributed by atoms with E-state index in [1.165, 1.54) is 5.56 Å². The topological polar surface area (TPSA) is 33.2 Å². The molecule has 0 unspecified atom stereocenters. The molecule has 1 aliphatic heterocycles. The van der Waals surface area contributed by atoms with E-state index in [1.54, 1.807) is 17.5 Å². The Labute approximate surface area is 156 Å². The van der Waals surface area contributed by atoms with E-state index in [-0.39, 0.29) is 5.91 Å². The van der Waals surface area contributed by atoms with Gasteiger partial charge in [-0.05, 0) is 42.2 Å². The Morgan fingerprint density at radius 3 is 2.68 bits per heavy atom. The van der Waals surface area contributed by atoms with Crippen LogP contribution < -0.4 is 0 Å². The molecule has 1 aliphatic rings. The molecule has 0 radical (unpaired) electrons. The van der Waals surface area contributed by atoms with Crippen LogP contribution in [0.25, 0.3) is 10.2 Å². The van der Waals surface area contributed by atoms with Crippen molar-refractivity contribution in [3.05, 3.63) is 63.6 Å². The number of nitrogens with zero attached hydrogens (tertiary/aromatic N) is 2. The third-order valence-electron chi connectivity index (χ3n) is 4.98. The predicted octanol–water partition coefficient (Wildman–Crippen LogP) is 5.28. The zero-order valence-corrected chi connectivity index (χ0v) is 15.6. The highest BCUT2D eigenvalue weighted by Gasteiger charge is 2.26. The molecule has 3 aromatic rings.